The number of anilines is 2. The maximum Gasteiger partial charge on any atom is 0.246 e. The van der Waals surface area contributed by atoms with Crippen molar-refractivity contribution in [2.24, 2.45) is 0 Å². The van der Waals surface area contributed by atoms with Crippen molar-refractivity contribution in [3.63, 3.8) is 0 Å². The number of carbonyl (C=O) groups is 1. The molecule has 11 heteroatoms. The number of carbonyl (C=O) groups excluding carboxylic acids is 1. The zero-order chi connectivity index (χ0) is 27.2. The zero-order valence-electron chi connectivity index (χ0n) is 22.8. The third kappa shape index (κ3) is 4.57. The summed E-state index contributed by atoms with van der Waals surface area (Å²) in [4.78, 5) is 42.7. The number of nitrogens with zero attached hydrogens (tertiary/aromatic N) is 7. The largest absolute Gasteiger partial charge is 0.354 e. The van der Waals surface area contributed by atoms with E-state index in [-0.39, 0.29) is 11.4 Å². The molecule has 2 aliphatic carbocycles. The normalized spacial score (nSPS) is 21.1. The standard InChI is InChI=1S/C16H19N5O.C13H17N5/c1-2-13(22)21-9-3-8-20(10-16(21)5-6-16)15-12-4-7-17-14(12)18-11-19-15;1-5-17-13(3-4-13)8-18(7-1)12-10-2-6-14-11(10)15-9-16-12/h2,4,7,11H,1,3,5-6,8-10H2,(H,17,18,19);2,6,9,17H,1,3-5,7-8H2,(H,14,15,16). The van der Waals surface area contributed by atoms with Gasteiger partial charge in [-0.25, -0.2) is 19.9 Å². The second-order valence-electron chi connectivity index (χ2n) is 11.6. The number of aromatic amines is 2. The van der Waals surface area contributed by atoms with Crippen molar-refractivity contribution in [2.45, 2.75) is 49.6 Å². The minimum Gasteiger partial charge on any atom is -0.354 e. The van der Waals surface area contributed by atoms with Gasteiger partial charge in [0.2, 0.25) is 5.91 Å². The highest BCUT2D eigenvalue weighted by Crippen LogP contribution is 2.45. The fraction of sp³-hybridized carbons (Fsp3) is 0.483. The average Bonchev–Trinajstić information content (AvgIpc) is 3.86. The van der Waals surface area contributed by atoms with Crippen molar-refractivity contribution in [1.29, 1.82) is 0 Å². The Morgan fingerprint density at radius 1 is 0.825 bits per heavy atom. The molecule has 1 amide bonds. The van der Waals surface area contributed by atoms with Crippen LogP contribution in [0.25, 0.3) is 22.1 Å². The highest BCUT2D eigenvalue weighted by Gasteiger charge is 2.51. The van der Waals surface area contributed by atoms with Crippen LogP contribution in [0.3, 0.4) is 0 Å². The van der Waals surface area contributed by atoms with Gasteiger partial charge < -0.3 is 30.0 Å². The number of hydrogen-bond acceptors (Lipinski definition) is 8. The summed E-state index contributed by atoms with van der Waals surface area (Å²) in [6.45, 7) is 9.45. The second-order valence-corrected chi connectivity index (χ2v) is 11.6. The highest BCUT2D eigenvalue weighted by molar-refractivity contribution is 5.89. The lowest BCUT2D eigenvalue weighted by atomic mass is 10.2. The van der Waals surface area contributed by atoms with E-state index in [1.54, 1.807) is 12.7 Å². The predicted molar refractivity (Wildman–Crippen MR) is 155 cm³/mol. The number of rotatable bonds is 3. The third-order valence-corrected chi connectivity index (χ3v) is 8.85. The van der Waals surface area contributed by atoms with Gasteiger partial charge in [-0.3, -0.25) is 4.79 Å². The Hall–Kier alpha value is -3.99. The first-order chi connectivity index (χ1) is 19.6. The Balaban J connectivity index is 0.000000135. The van der Waals surface area contributed by atoms with Gasteiger partial charge in [0.25, 0.3) is 0 Å². The molecule has 4 aliphatic rings. The van der Waals surface area contributed by atoms with Gasteiger partial charge in [0.1, 0.15) is 35.6 Å². The van der Waals surface area contributed by atoms with Crippen molar-refractivity contribution >= 4 is 39.6 Å². The van der Waals surface area contributed by atoms with Gasteiger partial charge in [-0.15, -0.1) is 0 Å². The van der Waals surface area contributed by atoms with Crippen LogP contribution in [0.15, 0.2) is 49.8 Å². The molecule has 40 heavy (non-hydrogen) atoms. The highest BCUT2D eigenvalue weighted by atomic mass is 16.2. The minimum absolute atomic E-state index is 0.0324. The summed E-state index contributed by atoms with van der Waals surface area (Å²) >= 11 is 0. The number of H-pyrrole nitrogens is 2. The Morgan fingerprint density at radius 3 is 2.05 bits per heavy atom. The van der Waals surface area contributed by atoms with Crippen molar-refractivity contribution in [3.8, 4) is 0 Å². The van der Waals surface area contributed by atoms with Crippen molar-refractivity contribution in [2.75, 3.05) is 49.1 Å². The summed E-state index contributed by atoms with van der Waals surface area (Å²) in [5.41, 5.74) is 2.12. The summed E-state index contributed by atoms with van der Waals surface area (Å²) < 4.78 is 0. The summed E-state index contributed by atoms with van der Waals surface area (Å²) in [5, 5.41) is 5.86. The summed E-state index contributed by atoms with van der Waals surface area (Å²) in [7, 11) is 0. The van der Waals surface area contributed by atoms with E-state index >= 15 is 0 Å². The van der Waals surface area contributed by atoms with Gasteiger partial charge in [0.05, 0.1) is 16.3 Å². The Bertz CT molecular complexity index is 1530. The van der Waals surface area contributed by atoms with Crippen LogP contribution < -0.4 is 15.1 Å². The van der Waals surface area contributed by atoms with E-state index in [1.807, 2.05) is 23.4 Å². The molecule has 8 rings (SSSR count). The van der Waals surface area contributed by atoms with E-state index in [0.29, 0.717) is 5.54 Å². The maximum atomic E-state index is 12.1. The number of aromatic nitrogens is 6. The third-order valence-electron chi connectivity index (χ3n) is 8.85. The predicted octanol–water partition coefficient (Wildman–Crippen LogP) is 3.01. The van der Waals surface area contributed by atoms with E-state index in [2.05, 4.69) is 57.7 Å². The van der Waals surface area contributed by atoms with E-state index in [1.165, 1.54) is 25.3 Å². The van der Waals surface area contributed by atoms with E-state index in [4.69, 9.17) is 0 Å². The Labute approximate surface area is 233 Å². The van der Waals surface area contributed by atoms with Crippen molar-refractivity contribution in [3.05, 3.63) is 49.8 Å². The average molecular weight is 541 g/mol. The molecule has 4 fully saturated rings. The monoisotopic (exact) mass is 540 g/mol. The zero-order valence-corrected chi connectivity index (χ0v) is 22.8. The Morgan fingerprint density at radius 2 is 1.45 bits per heavy atom. The number of hydrogen-bond donors (Lipinski definition) is 3. The molecule has 11 nitrogen and oxygen atoms in total. The van der Waals surface area contributed by atoms with Gasteiger partial charge in [-0.1, -0.05) is 6.58 Å². The van der Waals surface area contributed by atoms with E-state index < -0.39 is 0 Å². The number of amides is 1. The molecule has 0 unspecified atom stereocenters. The minimum atomic E-state index is -0.0324. The van der Waals surface area contributed by atoms with Crippen LogP contribution in [0.4, 0.5) is 11.6 Å². The molecular formula is C29H36N10O. The lowest BCUT2D eigenvalue weighted by molar-refractivity contribution is -0.128. The molecule has 4 aromatic heterocycles. The molecule has 3 N–H and O–H groups in total. The van der Waals surface area contributed by atoms with Gasteiger partial charge in [0.15, 0.2) is 0 Å². The smallest absolute Gasteiger partial charge is 0.246 e. The summed E-state index contributed by atoms with van der Waals surface area (Å²) in [5.74, 6) is 2.09. The molecule has 2 aliphatic heterocycles. The van der Waals surface area contributed by atoms with Crippen LogP contribution >= 0.6 is 0 Å². The van der Waals surface area contributed by atoms with E-state index in [0.717, 1.165) is 92.2 Å². The van der Waals surface area contributed by atoms with Crippen LogP contribution in [-0.4, -0.2) is 91.1 Å². The van der Waals surface area contributed by atoms with Crippen molar-refractivity contribution < 1.29 is 4.79 Å². The fourth-order valence-electron chi connectivity index (χ4n) is 6.40. The quantitative estimate of drug-likeness (QED) is 0.339. The molecule has 0 bridgehead atoms. The lowest BCUT2D eigenvalue weighted by Crippen LogP contribution is -2.46. The SMILES string of the molecule is C=CC(=O)N1CCCN(c2ncnc3[nH]ccc23)CC12CC2.c1nc(N2CCCNC3(CC3)C2)c2cc[nH]c2n1. The molecule has 2 saturated carbocycles. The molecule has 0 aromatic carbocycles. The summed E-state index contributed by atoms with van der Waals surface area (Å²) in [6, 6.07) is 4.09. The summed E-state index contributed by atoms with van der Waals surface area (Å²) in [6.07, 6.45) is 15.4. The first-order valence-electron chi connectivity index (χ1n) is 14.4. The lowest BCUT2D eigenvalue weighted by Gasteiger charge is -2.31. The molecule has 0 atom stereocenters. The Kier molecular flexibility index (Phi) is 6.18. The van der Waals surface area contributed by atoms with Crippen LogP contribution in [0.2, 0.25) is 0 Å². The first-order valence-corrected chi connectivity index (χ1v) is 14.4. The van der Waals surface area contributed by atoms with Crippen LogP contribution in [0.5, 0.6) is 0 Å². The van der Waals surface area contributed by atoms with Crippen LogP contribution in [0, 0.1) is 0 Å². The maximum absolute atomic E-state index is 12.1. The van der Waals surface area contributed by atoms with Gasteiger partial charge >= 0.3 is 0 Å². The molecule has 0 radical (unpaired) electrons. The van der Waals surface area contributed by atoms with Gasteiger partial charge in [-0.2, -0.15) is 0 Å². The first kappa shape index (κ1) is 25.0. The van der Waals surface area contributed by atoms with Gasteiger partial charge in [-0.05, 0) is 63.3 Å². The molecule has 208 valence electrons. The molecule has 4 aromatic rings. The molecule has 2 spiro atoms. The number of fused-ring (bicyclic) bond motifs is 2. The number of nitrogens with one attached hydrogen (secondary N) is 3. The fourth-order valence-corrected chi connectivity index (χ4v) is 6.40. The molecule has 2 saturated heterocycles. The van der Waals surface area contributed by atoms with Crippen LogP contribution in [0.1, 0.15) is 38.5 Å². The molecule has 6 heterocycles. The topological polar surface area (TPSA) is 122 Å². The van der Waals surface area contributed by atoms with Gasteiger partial charge in [0, 0.05) is 50.7 Å². The van der Waals surface area contributed by atoms with E-state index in [9.17, 15) is 4.79 Å². The van der Waals surface area contributed by atoms with Crippen LogP contribution in [-0.2, 0) is 4.79 Å². The second kappa shape index (κ2) is 9.88. The van der Waals surface area contributed by atoms with Crippen molar-refractivity contribution in [1.82, 2.24) is 40.1 Å². The molecular weight excluding hydrogens is 504 g/mol.